The van der Waals surface area contributed by atoms with Gasteiger partial charge in [0, 0.05) is 32.1 Å². The molecule has 0 aromatic carbocycles. The molecule has 5 N–H and O–H groups in total. The lowest BCUT2D eigenvalue weighted by molar-refractivity contribution is -0.126. The maximum Gasteiger partial charge on any atom is 0.224 e. The number of primary amides is 1. The predicted molar refractivity (Wildman–Crippen MR) is 69.6 cm³/mol. The average molecular weight is 256 g/mol. The number of piperidine rings is 1. The fraction of sp³-hybridized carbons (Fsp3) is 0.833. The summed E-state index contributed by atoms with van der Waals surface area (Å²) in [5.74, 6) is -0.386. The van der Waals surface area contributed by atoms with Crippen LogP contribution in [-0.2, 0) is 9.59 Å². The van der Waals surface area contributed by atoms with Gasteiger partial charge >= 0.3 is 0 Å². The van der Waals surface area contributed by atoms with Crippen LogP contribution >= 0.6 is 0 Å². The van der Waals surface area contributed by atoms with Gasteiger partial charge in [-0.3, -0.25) is 9.59 Å². The van der Waals surface area contributed by atoms with Gasteiger partial charge in [0.25, 0.3) is 0 Å². The summed E-state index contributed by atoms with van der Waals surface area (Å²) in [6.07, 6.45) is 1.88. The molecule has 2 atom stereocenters. The maximum atomic E-state index is 11.8. The van der Waals surface area contributed by atoms with Crippen LogP contribution in [0.1, 0.15) is 19.8 Å². The van der Waals surface area contributed by atoms with Gasteiger partial charge in [-0.05, 0) is 19.4 Å². The van der Waals surface area contributed by atoms with Crippen LogP contribution in [0.4, 0.5) is 0 Å². The highest BCUT2D eigenvalue weighted by molar-refractivity contribution is 5.79. The van der Waals surface area contributed by atoms with Crippen LogP contribution in [0.3, 0.4) is 0 Å². The average Bonchev–Trinajstić information content (AvgIpc) is 2.36. The van der Waals surface area contributed by atoms with Crippen molar-refractivity contribution < 1.29 is 9.59 Å². The zero-order valence-corrected chi connectivity index (χ0v) is 11.0. The van der Waals surface area contributed by atoms with Crippen molar-refractivity contribution in [1.29, 1.82) is 0 Å². The van der Waals surface area contributed by atoms with Crippen molar-refractivity contribution in [1.82, 2.24) is 10.2 Å². The highest BCUT2D eigenvalue weighted by atomic mass is 16.2. The first-order valence-corrected chi connectivity index (χ1v) is 6.54. The van der Waals surface area contributed by atoms with E-state index in [1.807, 2.05) is 6.92 Å². The molecule has 0 aromatic rings. The topological polar surface area (TPSA) is 101 Å². The van der Waals surface area contributed by atoms with Crippen molar-refractivity contribution in [3.63, 3.8) is 0 Å². The first kappa shape index (κ1) is 14.9. The van der Waals surface area contributed by atoms with Crippen LogP contribution in [-0.4, -0.2) is 49.4 Å². The summed E-state index contributed by atoms with van der Waals surface area (Å²) in [6, 6.07) is 0. The van der Waals surface area contributed by atoms with Crippen LogP contribution in [0.15, 0.2) is 0 Å². The van der Waals surface area contributed by atoms with Crippen LogP contribution in [0.5, 0.6) is 0 Å². The van der Waals surface area contributed by atoms with Gasteiger partial charge in [0.15, 0.2) is 0 Å². The third-order valence-corrected chi connectivity index (χ3v) is 3.34. The van der Waals surface area contributed by atoms with Gasteiger partial charge in [-0.2, -0.15) is 0 Å². The molecule has 1 aliphatic rings. The molecule has 0 spiro atoms. The molecule has 6 heteroatoms. The van der Waals surface area contributed by atoms with E-state index in [1.54, 1.807) is 0 Å². The molecule has 0 aromatic heterocycles. The van der Waals surface area contributed by atoms with Gasteiger partial charge in [-0.1, -0.05) is 6.92 Å². The molecule has 1 saturated heterocycles. The maximum absolute atomic E-state index is 11.8. The number of amides is 2. The van der Waals surface area contributed by atoms with Crippen molar-refractivity contribution in [3.8, 4) is 0 Å². The van der Waals surface area contributed by atoms with Crippen molar-refractivity contribution in [2.24, 2.45) is 23.3 Å². The summed E-state index contributed by atoms with van der Waals surface area (Å²) in [7, 11) is 0. The predicted octanol–water partition coefficient (Wildman–Crippen LogP) is -1.11. The Hall–Kier alpha value is -1.14. The van der Waals surface area contributed by atoms with Gasteiger partial charge in [0.1, 0.15) is 0 Å². The van der Waals surface area contributed by atoms with E-state index in [0.29, 0.717) is 26.2 Å². The first-order valence-electron chi connectivity index (χ1n) is 6.54. The minimum Gasteiger partial charge on any atom is -0.369 e. The standard InChI is InChI=1S/C12H24N4O2/c1-9(11(14)17)7-16-6-2-3-10(8-16)12(18)15-5-4-13/h9-10H,2-8,13H2,1H3,(H2,14,17)(H,15,18). The number of hydrogen-bond acceptors (Lipinski definition) is 4. The molecule has 104 valence electrons. The zero-order valence-electron chi connectivity index (χ0n) is 11.0. The molecule has 0 saturated carbocycles. The molecular formula is C12H24N4O2. The van der Waals surface area contributed by atoms with Gasteiger partial charge in [0.2, 0.25) is 11.8 Å². The number of nitrogens with one attached hydrogen (secondary N) is 1. The van der Waals surface area contributed by atoms with Crippen molar-refractivity contribution in [2.75, 3.05) is 32.7 Å². The zero-order chi connectivity index (χ0) is 13.5. The Morgan fingerprint density at radius 1 is 1.50 bits per heavy atom. The van der Waals surface area contributed by atoms with Crippen LogP contribution in [0, 0.1) is 11.8 Å². The molecule has 2 amide bonds. The fourth-order valence-electron chi connectivity index (χ4n) is 2.25. The highest BCUT2D eigenvalue weighted by Crippen LogP contribution is 2.17. The molecule has 0 radical (unpaired) electrons. The van der Waals surface area contributed by atoms with Crippen LogP contribution in [0.25, 0.3) is 0 Å². The molecule has 18 heavy (non-hydrogen) atoms. The van der Waals surface area contributed by atoms with Crippen LogP contribution < -0.4 is 16.8 Å². The summed E-state index contributed by atoms with van der Waals surface area (Å²) in [5.41, 5.74) is 10.6. The minimum atomic E-state index is -0.287. The second-order valence-electron chi connectivity index (χ2n) is 4.98. The highest BCUT2D eigenvalue weighted by Gasteiger charge is 2.26. The number of rotatable bonds is 6. The van der Waals surface area contributed by atoms with Crippen molar-refractivity contribution in [3.05, 3.63) is 0 Å². The number of likely N-dealkylation sites (tertiary alicyclic amines) is 1. The summed E-state index contributed by atoms with van der Waals surface area (Å²) in [4.78, 5) is 25.0. The summed E-state index contributed by atoms with van der Waals surface area (Å²) >= 11 is 0. The summed E-state index contributed by atoms with van der Waals surface area (Å²) < 4.78 is 0. The van der Waals surface area contributed by atoms with Gasteiger partial charge in [-0.15, -0.1) is 0 Å². The van der Waals surface area contributed by atoms with Crippen molar-refractivity contribution >= 4 is 11.8 Å². The van der Waals surface area contributed by atoms with E-state index in [0.717, 1.165) is 19.4 Å². The largest absolute Gasteiger partial charge is 0.369 e. The Labute approximate surface area is 108 Å². The molecule has 1 aliphatic heterocycles. The lowest BCUT2D eigenvalue weighted by atomic mass is 9.96. The molecule has 2 unspecified atom stereocenters. The van der Waals surface area contributed by atoms with Crippen LogP contribution in [0.2, 0.25) is 0 Å². The Kier molecular flexibility index (Phi) is 6.07. The van der Waals surface area contributed by atoms with E-state index < -0.39 is 0 Å². The number of carbonyl (C=O) groups excluding carboxylic acids is 2. The second-order valence-corrected chi connectivity index (χ2v) is 4.98. The normalized spacial score (nSPS) is 22.4. The van der Waals surface area contributed by atoms with Gasteiger partial charge in [0.05, 0.1) is 5.92 Å². The quantitative estimate of drug-likeness (QED) is 0.561. The summed E-state index contributed by atoms with van der Waals surface area (Å²) in [5, 5.41) is 2.82. The number of hydrogen-bond donors (Lipinski definition) is 3. The van der Waals surface area contributed by atoms with E-state index in [1.165, 1.54) is 0 Å². The Balaban J connectivity index is 2.40. The second kappa shape index (κ2) is 7.33. The Bertz CT molecular complexity index is 296. The molecule has 0 bridgehead atoms. The van der Waals surface area contributed by atoms with Gasteiger partial charge < -0.3 is 21.7 Å². The Morgan fingerprint density at radius 2 is 2.22 bits per heavy atom. The lowest BCUT2D eigenvalue weighted by Gasteiger charge is -2.33. The molecule has 6 nitrogen and oxygen atoms in total. The molecule has 1 heterocycles. The lowest BCUT2D eigenvalue weighted by Crippen LogP contribution is -2.46. The van der Waals surface area contributed by atoms with E-state index in [9.17, 15) is 9.59 Å². The van der Waals surface area contributed by atoms with Gasteiger partial charge in [-0.25, -0.2) is 0 Å². The molecule has 0 aliphatic carbocycles. The number of carbonyl (C=O) groups is 2. The smallest absolute Gasteiger partial charge is 0.224 e. The Morgan fingerprint density at radius 3 is 2.83 bits per heavy atom. The van der Waals surface area contributed by atoms with E-state index in [-0.39, 0.29) is 23.7 Å². The molecule has 1 rings (SSSR count). The molecule has 1 fully saturated rings. The SMILES string of the molecule is CC(CN1CCCC(C(=O)NCCN)C1)C(N)=O. The monoisotopic (exact) mass is 256 g/mol. The third kappa shape index (κ3) is 4.62. The fourth-order valence-corrected chi connectivity index (χ4v) is 2.25. The van der Waals surface area contributed by atoms with E-state index in [4.69, 9.17) is 11.5 Å². The third-order valence-electron chi connectivity index (χ3n) is 3.34. The number of nitrogens with two attached hydrogens (primary N) is 2. The van der Waals surface area contributed by atoms with E-state index >= 15 is 0 Å². The minimum absolute atomic E-state index is 0.00498. The number of nitrogens with zero attached hydrogens (tertiary/aromatic N) is 1. The first-order chi connectivity index (χ1) is 8.54. The summed E-state index contributed by atoms with van der Waals surface area (Å²) in [6.45, 7) is 5.07. The van der Waals surface area contributed by atoms with Crippen molar-refractivity contribution in [2.45, 2.75) is 19.8 Å². The van der Waals surface area contributed by atoms with E-state index in [2.05, 4.69) is 10.2 Å². The molecular weight excluding hydrogens is 232 g/mol.